The molecule has 2 aromatic rings. The van der Waals surface area contributed by atoms with Gasteiger partial charge in [0.1, 0.15) is 11.5 Å². The number of anilines is 1. The minimum atomic E-state index is -0.896. The molecule has 1 aliphatic rings. The number of carboxylic acid groups (broad SMARTS) is 1. The molecule has 1 heterocycles. The number of carbonyl (C=O) groups is 2. The van der Waals surface area contributed by atoms with E-state index in [-0.39, 0.29) is 12.6 Å². The Kier molecular flexibility index (Phi) is 4.99. The number of amides is 2. The molecule has 2 N–H and O–H groups in total. The number of nitriles is 1. The fourth-order valence-electron chi connectivity index (χ4n) is 2.88. The topological polar surface area (TPSA) is 103 Å². The predicted molar refractivity (Wildman–Crippen MR) is 98.6 cm³/mol. The average Bonchev–Trinajstić information content (AvgIpc) is 3.07. The number of carboxylic acids is 1. The summed E-state index contributed by atoms with van der Waals surface area (Å²) in [7, 11) is 0. The molecule has 1 atom stereocenters. The number of ether oxygens (including phenoxy) is 1. The first-order valence-corrected chi connectivity index (χ1v) is 8.47. The molecular formula is C20H19N3O4. The van der Waals surface area contributed by atoms with E-state index in [2.05, 4.69) is 11.4 Å². The minimum absolute atomic E-state index is 0.185. The van der Waals surface area contributed by atoms with E-state index in [1.807, 2.05) is 0 Å². The summed E-state index contributed by atoms with van der Waals surface area (Å²) in [5, 5.41) is 20.9. The summed E-state index contributed by atoms with van der Waals surface area (Å²) in [6, 6.07) is 15.4. The molecule has 7 heteroatoms. The van der Waals surface area contributed by atoms with Crippen LogP contribution in [0.5, 0.6) is 11.5 Å². The van der Waals surface area contributed by atoms with Gasteiger partial charge in [-0.15, -0.1) is 0 Å². The number of carbonyl (C=O) groups excluding carboxylic acids is 1. The maximum atomic E-state index is 12.3. The fourth-order valence-corrected chi connectivity index (χ4v) is 2.88. The second-order valence-electron chi connectivity index (χ2n) is 6.73. The summed E-state index contributed by atoms with van der Waals surface area (Å²) < 4.78 is 5.69. The van der Waals surface area contributed by atoms with Gasteiger partial charge in [0.25, 0.3) is 0 Å². The molecule has 138 valence electrons. The van der Waals surface area contributed by atoms with Gasteiger partial charge in [0.15, 0.2) is 0 Å². The number of urea groups is 1. The highest BCUT2D eigenvalue weighted by molar-refractivity contribution is 5.90. The van der Waals surface area contributed by atoms with Crippen LogP contribution < -0.4 is 10.1 Å². The quantitative estimate of drug-likeness (QED) is 0.860. The van der Waals surface area contributed by atoms with Crippen molar-refractivity contribution in [3.05, 3.63) is 54.1 Å². The van der Waals surface area contributed by atoms with Crippen molar-refractivity contribution in [2.75, 3.05) is 18.4 Å². The molecule has 27 heavy (non-hydrogen) atoms. The summed E-state index contributed by atoms with van der Waals surface area (Å²) in [5.74, 6) is 0.235. The van der Waals surface area contributed by atoms with Gasteiger partial charge in [0.2, 0.25) is 0 Å². The van der Waals surface area contributed by atoms with Gasteiger partial charge in [-0.2, -0.15) is 5.26 Å². The van der Waals surface area contributed by atoms with Gasteiger partial charge in [-0.1, -0.05) is 6.07 Å². The van der Waals surface area contributed by atoms with Gasteiger partial charge in [-0.3, -0.25) is 4.79 Å². The van der Waals surface area contributed by atoms with E-state index in [4.69, 9.17) is 10.00 Å². The van der Waals surface area contributed by atoms with E-state index in [0.29, 0.717) is 35.7 Å². The Bertz CT molecular complexity index is 904. The normalized spacial score (nSPS) is 18.6. The molecule has 1 saturated heterocycles. The van der Waals surface area contributed by atoms with Crippen LogP contribution >= 0.6 is 0 Å². The van der Waals surface area contributed by atoms with Crippen LogP contribution in [-0.2, 0) is 4.79 Å². The lowest BCUT2D eigenvalue weighted by Crippen LogP contribution is -2.37. The van der Waals surface area contributed by atoms with E-state index in [9.17, 15) is 14.7 Å². The number of hydrogen-bond donors (Lipinski definition) is 2. The van der Waals surface area contributed by atoms with E-state index in [1.54, 1.807) is 55.5 Å². The molecule has 2 amide bonds. The lowest BCUT2D eigenvalue weighted by atomic mass is 9.90. The average molecular weight is 365 g/mol. The first kappa shape index (κ1) is 18.3. The Morgan fingerprint density at radius 3 is 2.59 bits per heavy atom. The van der Waals surface area contributed by atoms with Crippen molar-refractivity contribution in [1.29, 1.82) is 5.26 Å². The third kappa shape index (κ3) is 4.18. The van der Waals surface area contributed by atoms with E-state index >= 15 is 0 Å². The van der Waals surface area contributed by atoms with Crippen LogP contribution in [0.2, 0.25) is 0 Å². The smallest absolute Gasteiger partial charge is 0.321 e. The van der Waals surface area contributed by atoms with Gasteiger partial charge in [0, 0.05) is 18.8 Å². The number of likely N-dealkylation sites (tertiary alicyclic amines) is 1. The van der Waals surface area contributed by atoms with Crippen LogP contribution in [0.25, 0.3) is 0 Å². The lowest BCUT2D eigenvalue weighted by molar-refractivity contribution is -0.146. The Balaban J connectivity index is 1.60. The van der Waals surface area contributed by atoms with Crippen LogP contribution in [0.15, 0.2) is 48.5 Å². The molecule has 1 fully saturated rings. The molecule has 1 aliphatic heterocycles. The highest BCUT2D eigenvalue weighted by Gasteiger charge is 2.42. The number of benzene rings is 2. The molecule has 0 aliphatic carbocycles. The maximum Gasteiger partial charge on any atom is 0.321 e. The van der Waals surface area contributed by atoms with Crippen LogP contribution in [0.4, 0.5) is 10.5 Å². The van der Waals surface area contributed by atoms with E-state index in [0.717, 1.165) is 0 Å². The van der Waals surface area contributed by atoms with Crippen molar-refractivity contribution in [2.45, 2.75) is 13.3 Å². The highest BCUT2D eigenvalue weighted by Crippen LogP contribution is 2.30. The van der Waals surface area contributed by atoms with E-state index in [1.165, 1.54) is 4.90 Å². The van der Waals surface area contributed by atoms with Gasteiger partial charge in [0.05, 0.1) is 17.0 Å². The number of hydrogen-bond acceptors (Lipinski definition) is 4. The second-order valence-corrected chi connectivity index (χ2v) is 6.73. The monoisotopic (exact) mass is 365 g/mol. The van der Waals surface area contributed by atoms with Crippen LogP contribution in [0, 0.1) is 16.7 Å². The summed E-state index contributed by atoms with van der Waals surface area (Å²) in [4.78, 5) is 25.1. The number of nitrogens with one attached hydrogen (secondary N) is 1. The first-order chi connectivity index (χ1) is 12.9. The lowest BCUT2D eigenvalue weighted by Gasteiger charge is -2.20. The number of nitrogens with zero attached hydrogens (tertiary/aromatic N) is 2. The molecule has 0 saturated carbocycles. The number of rotatable bonds is 4. The van der Waals surface area contributed by atoms with Crippen LogP contribution in [-0.4, -0.2) is 35.1 Å². The third-order valence-corrected chi connectivity index (χ3v) is 4.58. The van der Waals surface area contributed by atoms with Crippen molar-refractivity contribution < 1.29 is 19.4 Å². The standard InChI is InChI=1S/C20H19N3O4/c1-20(18(24)25)9-10-23(13-20)19(26)22-15-5-7-16(8-6-15)27-17-4-2-3-14(11-17)12-21/h2-8,11H,9-10,13H2,1H3,(H,22,26)(H,24,25). The fraction of sp³-hybridized carbons (Fsp3) is 0.250. The molecule has 0 bridgehead atoms. The largest absolute Gasteiger partial charge is 0.481 e. The van der Waals surface area contributed by atoms with Crippen LogP contribution in [0.3, 0.4) is 0 Å². The zero-order valence-corrected chi connectivity index (χ0v) is 14.8. The summed E-state index contributed by atoms with van der Waals surface area (Å²) >= 11 is 0. The third-order valence-electron chi connectivity index (χ3n) is 4.58. The highest BCUT2D eigenvalue weighted by atomic mass is 16.5. The van der Waals surface area contributed by atoms with Crippen molar-refractivity contribution in [3.63, 3.8) is 0 Å². The summed E-state index contributed by atoms with van der Waals surface area (Å²) in [6.07, 6.45) is 0.435. The van der Waals surface area contributed by atoms with Crippen molar-refractivity contribution in [2.24, 2.45) is 5.41 Å². The van der Waals surface area contributed by atoms with Gasteiger partial charge < -0.3 is 20.1 Å². The Labute approximate surface area is 156 Å². The molecule has 2 aromatic carbocycles. The molecule has 0 aromatic heterocycles. The summed E-state index contributed by atoms with van der Waals surface area (Å²) in [6.45, 7) is 2.24. The van der Waals surface area contributed by atoms with Gasteiger partial charge >= 0.3 is 12.0 Å². The van der Waals surface area contributed by atoms with Crippen LogP contribution in [0.1, 0.15) is 18.9 Å². The van der Waals surface area contributed by atoms with Crippen molar-refractivity contribution in [1.82, 2.24) is 4.90 Å². The second kappa shape index (κ2) is 7.38. The Hall–Kier alpha value is -3.53. The SMILES string of the molecule is CC1(C(=O)O)CCN(C(=O)Nc2ccc(Oc3cccc(C#N)c3)cc2)C1. The van der Waals surface area contributed by atoms with E-state index < -0.39 is 11.4 Å². The van der Waals surface area contributed by atoms with Crippen molar-refractivity contribution >= 4 is 17.7 Å². The molecule has 7 nitrogen and oxygen atoms in total. The molecule has 1 unspecified atom stereocenters. The molecule has 3 rings (SSSR count). The summed E-state index contributed by atoms with van der Waals surface area (Å²) in [5.41, 5.74) is 0.199. The maximum absolute atomic E-state index is 12.3. The van der Waals surface area contributed by atoms with Crippen molar-refractivity contribution in [3.8, 4) is 17.6 Å². The van der Waals surface area contributed by atoms with Gasteiger partial charge in [-0.05, 0) is 55.8 Å². The van der Waals surface area contributed by atoms with Gasteiger partial charge in [-0.25, -0.2) is 4.79 Å². The first-order valence-electron chi connectivity index (χ1n) is 8.47. The molecule has 0 radical (unpaired) electrons. The number of aliphatic carboxylic acids is 1. The molecular weight excluding hydrogens is 346 g/mol. The minimum Gasteiger partial charge on any atom is -0.481 e. The Morgan fingerprint density at radius 1 is 1.22 bits per heavy atom. The zero-order valence-electron chi connectivity index (χ0n) is 14.8. The predicted octanol–water partition coefficient (Wildman–Crippen LogP) is 3.68. The Morgan fingerprint density at radius 2 is 1.96 bits per heavy atom. The zero-order chi connectivity index (χ0) is 19.4. The molecule has 0 spiro atoms.